The third-order valence-electron chi connectivity index (χ3n) is 3.27. The van der Waals surface area contributed by atoms with Gasteiger partial charge in [0.25, 0.3) is 0 Å². The first kappa shape index (κ1) is 11.7. The zero-order valence-corrected chi connectivity index (χ0v) is 11.4. The van der Waals surface area contributed by atoms with E-state index in [1.165, 1.54) is 12.8 Å². The SMILES string of the molecule is CC1CCN(c2ncc(Br)cc2N)C(C)C1. The molecule has 0 aromatic carbocycles. The van der Waals surface area contributed by atoms with Crippen LogP contribution in [0, 0.1) is 5.92 Å². The largest absolute Gasteiger partial charge is 0.396 e. The van der Waals surface area contributed by atoms with Crippen LogP contribution in [0.5, 0.6) is 0 Å². The van der Waals surface area contributed by atoms with Crippen LogP contribution < -0.4 is 10.6 Å². The number of piperidine rings is 1. The van der Waals surface area contributed by atoms with E-state index in [0.29, 0.717) is 6.04 Å². The van der Waals surface area contributed by atoms with E-state index in [2.05, 4.69) is 39.7 Å². The van der Waals surface area contributed by atoms with Gasteiger partial charge in [-0.1, -0.05) is 6.92 Å². The molecule has 2 N–H and O–H groups in total. The maximum atomic E-state index is 6.01. The minimum atomic E-state index is 0.528. The van der Waals surface area contributed by atoms with Gasteiger partial charge in [-0.15, -0.1) is 0 Å². The second-order valence-electron chi connectivity index (χ2n) is 4.74. The van der Waals surface area contributed by atoms with Crippen LogP contribution in [-0.2, 0) is 0 Å². The van der Waals surface area contributed by atoms with Crippen molar-refractivity contribution in [3.63, 3.8) is 0 Å². The third kappa shape index (κ3) is 2.32. The molecule has 0 spiro atoms. The van der Waals surface area contributed by atoms with Crippen molar-refractivity contribution in [1.29, 1.82) is 0 Å². The highest BCUT2D eigenvalue weighted by Gasteiger charge is 2.25. The number of rotatable bonds is 1. The maximum absolute atomic E-state index is 6.01. The molecule has 0 amide bonds. The Balaban J connectivity index is 2.23. The minimum absolute atomic E-state index is 0.528. The molecule has 1 fully saturated rings. The first-order valence-corrected chi connectivity index (χ1v) is 6.55. The summed E-state index contributed by atoms with van der Waals surface area (Å²) in [5, 5.41) is 0. The van der Waals surface area contributed by atoms with Crippen LogP contribution in [0.25, 0.3) is 0 Å². The van der Waals surface area contributed by atoms with Crippen molar-refractivity contribution in [3.8, 4) is 0 Å². The number of aromatic nitrogens is 1. The summed E-state index contributed by atoms with van der Waals surface area (Å²) in [5.74, 6) is 1.74. The zero-order chi connectivity index (χ0) is 11.7. The van der Waals surface area contributed by atoms with Crippen molar-refractivity contribution in [2.24, 2.45) is 5.92 Å². The molecule has 2 atom stereocenters. The zero-order valence-electron chi connectivity index (χ0n) is 9.78. The summed E-state index contributed by atoms with van der Waals surface area (Å²) < 4.78 is 0.937. The van der Waals surface area contributed by atoms with Crippen molar-refractivity contribution in [2.75, 3.05) is 17.2 Å². The van der Waals surface area contributed by atoms with Crippen molar-refractivity contribution in [1.82, 2.24) is 4.98 Å². The highest BCUT2D eigenvalue weighted by molar-refractivity contribution is 9.10. The number of halogens is 1. The number of anilines is 2. The summed E-state index contributed by atoms with van der Waals surface area (Å²) in [7, 11) is 0. The Morgan fingerprint density at radius 1 is 1.50 bits per heavy atom. The lowest BCUT2D eigenvalue weighted by Crippen LogP contribution is -2.41. The van der Waals surface area contributed by atoms with E-state index in [9.17, 15) is 0 Å². The molecule has 0 saturated carbocycles. The Morgan fingerprint density at radius 2 is 2.25 bits per heavy atom. The number of nitrogens with two attached hydrogens (primary N) is 1. The fraction of sp³-hybridized carbons (Fsp3) is 0.583. The second kappa shape index (κ2) is 4.62. The number of hydrogen-bond acceptors (Lipinski definition) is 3. The van der Waals surface area contributed by atoms with E-state index in [0.717, 1.165) is 28.4 Å². The van der Waals surface area contributed by atoms with E-state index in [1.807, 2.05) is 12.3 Å². The third-order valence-corrected chi connectivity index (χ3v) is 3.71. The number of pyridine rings is 1. The van der Waals surface area contributed by atoms with Gasteiger partial charge in [-0.25, -0.2) is 4.98 Å². The summed E-state index contributed by atoms with van der Waals surface area (Å²) in [6, 6.07) is 2.45. The molecule has 0 aliphatic carbocycles. The van der Waals surface area contributed by atoms with E-state index >= 15 is 0 Å². The van der Waals surface area contributed by atoms with Crippen LogP contribution >= 0.6 is 15.9 Å². The quantitative estimate of drug-likeness (QED) is 0.861. The van der Waals surface area contributed by atoms with Crippen LogP contribution in [-0.4, -0.2) is 17.6 Å². The van der Waals surface area contributed by atoms with Gasteiger partial charge in [-0.05, 0) is 47.7 Å². The van der Waals surface area contributed by atoms with Crippen molar-refractivity contribution < 1.29 is 0 Å². The van der Waals surface area contributed by atoms with E-state index < -0.39 is 0 Å². The summed E-state index contributed by atoms with van der Waals surface area (Å²) in [5.41, 5.74) is 6.77. The van der Waals surface area contributed by atoms with Crippen molar-refractivity contribution in [3.05, 3.63) is 16.7 Å². The Hall–Kier alpha value is -0.770. The molecule has 0 radical (unpaired) electrons. The highest BCUT2D eigenvalue weighted by Crippen LogP contribution is 2.30. The van der Waals surface area contributed by atoms with E-state index in [1.54, 1.807) is 0 Å². The molecule has 1 aliphatic rings. The van der Waals surface area contributed by atoms with Gasteiger partial charge in [0.05, 0.1) is 5.69 Å². The Morgan fingerprint density at radius 3 is 2.88 bits per heavy atom. The van der Waals surface area contributed by atoms with Gasteiger partial charge in [0.2, 0.25) is 0 Å². The topological polar surface area (TPSA) is 42.2 Å². The molecule has 16 heavy (non-hydrogen) atoms. The maximum Gasteiger partial charge on any atom is 0.152 e. The average molecular weight is 284 g/mol. The Bertz CT molecular complexity index is 381. The van der Waals surface area contributed by atoms with E-state index in [4.69, 9.17) is 5.73 Å². The molecule has 3 nitrogen and oxygen atoms in total. The summed E-state index contributed by atoms with van der Waals surface area (Å²) in [6.45, 7) is 5.62. The molecule has 1 aromatic rings. The fourth-order valence-electron chi connectivity index (χ4n) is 2.41. The van der Waals surface area contributed by atoms with Crippen LogP contribution in [0.15, 0.2) is 16.7 Å². The second-order valence-corrected chi connectivity index (χ2v) is 5.65. The smallest absolute Gasteiger partial charge is 0.152 e. The number of nitrogen functional groups attached to an aromatic ring is 1. The predicted molar refractivity (Wildman–Crippen MR) is 71.6 cm³/mol. The van der Waals surface area contributed by atoms with E-state index in [-0.39, 0.29) is 0 Å². The normalized spacial score (nSPS) is 25.8. The van der Waals surface area contributed by atoms with Crippen LogP contribution in [0.1, 0.15) is 26.7 Å². The molecule has 1 saturated heterocycles. The minimum Gasteiger partial charge on any atom is -0.396 e. The lowest BCUT2D eigenvalue weighted by molar-refractivity contribution is 0.376. The lowest BCUT2D eigenvalue weighted by atomic mass is 9.93. The molecule has 2 heterocycles. The molecular formula is C12H18BrN3. The van der Waals surface area contributed by atoms with Crippen LogP contribution in [0.2, 0.25) is 0 Å². The lowest BCUT2D eigenvalue weighted by Gasteiger charge is -2.37. The average Bonchev–Trinajstić information content (AvgIpc) is 2.19. The first-order chi connectivity index (χ1) is 7.58. The molecule has 2 rings (SSSR count). The summed E-state index contributed by atoms with van der Waals surface area (Å²) in [6.07, 6.45) is 4.26. The van der Waals surface area contributed by atoms with Crippen LogP contribution in [0.4, 0.5) is 11.5 Å². The molecule has 1 aliphatic heterocycles. The van der Waals surface area contributed by atoms with Gasteiger partial charge < -0.3 is 10.6 Å². The Labute approximate surface area is 105 Å². The van der Waals surface area contributed by atoms with Crippen molar-refractivity contribution in [2.45, 2.75) is 32.7 Å². The van der Waals surface area contributed by atoms with Gasteiger partial charge in [0, 0.05) is 23.3 Å². The molecule has 2 unspecified atom stereocenters. The monoisotopic (exact) mass is 283 g/mol. The standard InChI is InChI=1S/C12H18BrN3/c1-8-3-4-16(9(2)5-8)12-11(14)6-10(13)7-15-12/h6-9H,3-5,14H2,1-2H3. The van der Waals surface area contributed by atoms with Gasteiger partial charge in [-0.2, -0.15) is 0 Å². The first-order valence-electron chi connectivity index (χ1n) is 5.75. The molecule has 88 valence electrons. The molecule has 0 bridgehead atoms. The molecule has 4 heteroatoms. The highest BCUT2D eigenvalue weighted by atomic mass is 79.9. The molecule has 1 aromatic heterocycles. The van der Waals surface area contributed by atoms with Gasteiger partial charge in [0.15, 0.2) is 5.82 Å². The van der Waals surface area contributed by atoms with Gasteiger partial charge >= 0.3 is 0 Å². The summed E-state index contributed by atoms with van der Waals surface area (Å²) >= 11 is 3.38. The van der Waals surface area contributed by atoms with Gasteiger partial charge in [-0.3, -0.25) is 0 Å². The Kier molecular flexibility index (Phi) is 3.38. The van der Waals surface area contributed by atoms with Gasteiger partial charge in [0.1, 0.15) is 0 Å². The molecular weight excluding hydrogens is 266 g/mol. The predicted octanol–water partition coefficient (Wildman–Crippen LogP) is 3.05. The number of hydrogen-bond donors (Lipinski definition) is 1. The van der Waals surface area contributed by atoms with Crippen LogP contribution in [0.3, 0.4) is 0 Å². The number of nitrogens with zero attached hydrogens (tertiary/aromatic N) is 2. The van der Waals surface area contributed by atoms with Crippen molar-refractivity contribution >= 4 is 27.4 Å². The fourth-order valence-corrected chi connectivity index (χ4v) is 2.76. The summed E-state index contributed by atoms with van der Waals surface area (Å²) in [4.78, 5) is 6.75.